The second-order valence-electron chi connectivity index (χ2n) is 6.96. The summed E-state index contributed by atoms with van der Waals surface area (Å²) < 4.78 is 5.20. The quantitative estimate of drug-likeness (QED) is 0.668. The van der Waals surface area contributed by atoms with Crippen LogP contribution in [0.3, 0.4) is 0 Å². The predicted molar refractivity (Wildman–Crippen MR) is 100.0 cm³/mol. The molecule has 2 bridgehead atoms. The highest BCUT2D eigenvalue weighted by atomic mass is 16.5. The molecule has 1 N–H and O–H groups in total. The summed E-state index contributed by atoms with van der Waals surface area (Å²) in [6.07, 6.45) is 6.42. The smallest absolute Gasteiger partial charge is 0.302 e. The van der Waals surface area contributed by atoms with E-state index in [-0.39, 0.29) is 5.97 Å². The lowest BCUT2D eigenvalue weighted by Crippen LogP contribution is -2.42. The van der Waals surface area contributed by atoms with Crippen LogP contribution in [0.5, 0.6) is 0 Å². The van der Waals surface area contributed by atoms with Crippen LogP contribution in [0, 0.1) is 11.8 Å². The molecule has 1 saturated heterocycles. The van der Waals surface area contributed by atoms with E-state index >= 15 is 0 Å². The second-order valence-corrected chi connectivity index (χ2v) is 6.96. The normalized spacial score (nSPS) is 22.1. The molecule has 2 aromatic rings. The maximum Gasteiger partial charge on any atom is 0.302 e. The Balaban J connectivity index is 1.74. The highest BCUT2D eigenvalue weighted by Gasteiger charge is 2.34. The van der Waals surface area contributed by atoms with Crippen LogP contribution in [0.2, 0.25) is 0 Å². The maximum atomic E-state index is 11.1. The van der Waals surface area contributed by atoms with Crippen molar-refractivity contribution in [2.45, 2.75) is 19.8 Å². The van der Waals surface area contributed by atoms with Gasteiger partial charge in [-0.05, 0) is 24.0 Å². The third-order valence-corrected chi connectivity index (χ3v) is 5.46. The Bertz CT molecular complexity index is 849. The maximum absolute atomic E-state index is 11.1. The van der Waals surface area contributed by atoms with Gasteiger partial charge in [-0.15, -0.1) is 6.58 Å². The van der Waals surface area contributed by atoms with Gasteiger partial charge in [0.15, 0.2) is 0 Å². The summed E-state index contributed by atoms with van der Waals surface area (Å²) >= 11 is 0. The molecule has 4 nitrogen and oxygen atoms in total. The lowest BCUT2D eigenvalue weighted by Gasteiger charge is -2.44. The largest absolute Gasteiger partial charge is 0.466 e. The highest BCUT2D eigenvalue weighted by molar-refractivity contribution is 5.89. The number of esters is 1. The summed E-state index contributed by atoms with van der Waals surface area (Å²) in [5.41, 5.74) is 4.86. The molecule has 0 amide bonds. The molecule has 130 valence electrons. The van der Waals surface area contributed by atoms with Crippen LogP contribution >= 0.6 is 0 Å². The molecular weight excluding hydrogens is 312 g/mol. The van der Waals surface area contributed by atoms with Gasteiger partial charge in [0.25, 0.3) is 0 Å². The Morgan fingerprint density at radius 2 is 2.28 bits per heavy atom. The molecule has 0 aliphatic carbocycles. The molecule has 0 saturated carbocycles. The van der Waals surface area contributed by atoms with Gasteiger partial charge < -0.3 is 14.6 Å². The van der Waals surface area contributed by atoms with Crippen molar-refractivity contribution in [3.05, 3.63) is 54.3 Å². The van der Waals surface area contributed by atoms with Crippen molar-refractivity contribution in [1.82, 2.24) is 9.88 Å². The summed E-state index contributed by atoms with van der Waals surface area (Å²) in [5.74, 6) is 0.895. The van der Waals surface area contributed by atoms with Crippen LogP contribution in [-0.2, 0) is 16.0 Å². The number of benzene rings is 1. The molecule has 0 radical (unpaired) electrons. The van der Waals surface area contributed by atoms with Gasteiger partial charge in [0.2, 0.25) is 0 Å². The summed E-state index contributed by atoms with van der Waals surface area (Å²) in [7, 11) is 0. The zero-order valence-electron chi connectivity index (χ0n) is 14.6. The number of nitrogens with one attached hydrogen (secondary N) is 1. The van der Waals surface area contributed by atoms with Gasteiger partial charge in [0, 0.05) is 43.3 Å². The Labute approximate surface area is 148 Å². The minimum atomic E-state index is -0.227. The predicted octanol–water partition coefficient (Wildman–Crippen LogP) is 3.75. The van der Waals surface area contributed by atoms with E-state index in [1.165, 1.54) is 35.7 Å². The Morgan fingerprint density at radius 3 is 3.00 bits per heavy atom. The van der Waals surface area contributed by atoms with E-state index in [1.807, 2.05) is 6.07 Å². The van der Waals surface area contributed by atoms with Gasteiger partial charge in [-0.25, -0.2) is 0 Å². The van der Waals surface area contributed by atoms with Crippen LogP contribution in [0.4, 0.5) is 0 Å². The average Bonchev–Trinajstić information content (AvgIpc) is 3.00. The summed E-state index contributed by atoms with van der Waals surface area (Å²) in [5, 5.41) is 1.22. The van der Waals surface area contributed by atoms with Crippen molar-refractivity contribution in [1.29, 1.82) is 0 Å². The molecule has 1 aromatic heterocycles. The van der Waals surface area contributed by atoms with E-state index in [2.05, 4.69) is 46.8 Å². The number of piperidine rings is 1. The first-order valence-electron chi connectivity index (χ1n) is 9.00. The molecule has 4 heteroatoms. The van der Waals surface area contributed by atoms with Crippen molar-refractivity contribution in [3.63, 3.8) is 0 Å². The molecule has 1 aromatic carbocycles. The number of hydrogen-bond donors (Lipinski definition) is 1. The lowest BCUT2D eigenvalue weighted by atomic mass is 9.80. The SMILES string of the molecule is C=CC1CN2CCC1C=C2c1[nH]c2ccccc2c1CCOC(C)=O. The minimum Gasteiger partial charge on any atom is -0.466 e. The first-order valence-corrected chi connectivity index (χ1v) is 9.00. The number of ether oxygens (including phenoxy) is 1. The van der Waals surface area contributed by atoms with E-state index in [1.54, 1.807) is 0 Å². The van der Waals surface area contributed by atoms with E-state index in [0.29, 0.717) is 18.4 Å². The number of fused-ring (bicyclic) bond motifs is 3. The van der Waals surface area contributed by atoms with Crippen LogP contribution < -0.4 is 0 Å². The average molecular weight is 336 g/mol. The van der Waals surface area contributed by atoms with Gasteiger partial charge in [-0.1, -0.05) is 30.4 Å². The molecule has 2 unspecified atom stereocenters. The van der Waals surface area contributed by atoms with Gasteiger partial charge in [0.1, 0.15) is 0 Å². The van der Waals surface area contributed by atoms with Crippen molar-refractivity contribution in [2.75, 3.05) is 19.7 Å². The number of aromatic nitrogens is 1. The van der Waals surface area contributed by atoms with Gasteiger partial charge in [0.05, 0.1) is 18.0 Å². The number of carbonyl (C=O) groups is 1. The fraction of sp³-hybridized carbons (Fsp3) is 0.381. The van der Waals surface area contributed by atoms with Crippen molar-refractivity contribution in [3.8, 4) is 0 Å². The Kier molecular flexibility index (Phi) is 4.12. The fourth-order valence-corrected chi connectivity index (χ4v) is 4.20. The number of aromatic amines is 1. The van der Waals surface area contributed by atoms with Crippen molar-refractivity contribution < 1.29 is 9.53 Å². The first-order chi connectivity index (χ1) is 12.2. The van der Waals surface area contributed by atoms with Gasteiger partial charge in [-0.2, -0.15) is 0 Å². The molecule has 2 atom stereocenters. The zero-order valence-corrected chi connectivity index (χ0v) is 14.6. The van der Waals surface area contributed by atoms with E-state index in [0.717, 1.165) is 25.0 Å². The minimum absolute atomic E-state index is 0.227. The number of hydrogen-bond acceptors (Lipinski definition) is 3. The molecule has 25 heavy (non-hydrogen) atoms. The Morgan fingerprint density at radius 1 is 1.44 bits per heavy atom. The molecular formula is C21H24N2O2. The van der Waals surface area contributed by atoms with Crippen LogP contribution in [0.1, 0.15) is 24.6 Å². The topological polar surface area (TPSA) is 45.3 Å². The van der Waals surface area contributed by atoms with Crippen molar-refractivity contribution >= 4 is 22.6 Å². The molecule has 0 spiro atoms. The fourth-order valence-electron chi connectivity index (χ4n) is 4.20. The molecule has 5 rings (SSSR count). The summed E-state index contributed by atoms with van der Waals surface area (Å²) in [4.78, 5) is 17.2. The monoisotopic (exact) mass is 336 g/mol. The highest BCUT2D eigenvalue weighted by Crippen LogP contribution is 2.40. The number of carbonyl (C=O) groups excluding carboxylic acids is 1. The zero-order chi connectivity index (χ0) is 17.4. The van der Waals surface area contributed by atoms with Crippen LogP contribution in [0.15, 0.2) is 43.0 Å². The Hall–Kier alpha value is -2.49. The standard InChI is InChI=1S/C21H24N2O2/c1-3-15-13-23-10-8-16(15)12-20(23)21-18(9-11-25-14(2)24)17-6-4-5-7-19(17)22-21/h3-7,12,15-16,22H,1,8-11,13H2,2H3. The van der Waals surface area contributed by atoms with Gasteiger partial charge in [-0.3, -0.25) is 4.79 Å². The number of nitrogens with zero attached hydrogens (tertiary/aromatic N) is 1. The summed E-state index contributed by atoms with van der Waals surface area (Å²) in [6, 6.07) is 8.36. The molecule has 3 aliphatic rings. The molecule has 4 heterocycles. The number of rotatable bonds is 5. The van der Waals surface area contributed by atoms with E-state index in [9.17, 15) is 4.79 Å². The third-order valence-electron chi connectivity index (χ3n) is 5.46. The van der Waals surface area contributed by atoms with Crippen LogP contribution in [-0.4, -0.2) is 35.5 Å². The van der Waals surface area contributed by atoms with Crippen LogP contribution in [0.25, 0.3) is 16.6 Å². The number of H-pyrrole nitrogens is 1. The van der Waals surface area contributed by atoms with Gasteiger partial charge >= 0.3 is 5.97 Å². The summed E-state index contributed by atoms with van der Waals surface area (Å²) in [6.45, 7) is 8.01. The van der Waals surface area contributed by atoms with E-state index < -0.39 is 0 Å². The number of allylic oxidation sites excluding steroid dienone is 1. The second kappa shape index (κ2) is 6.43. The molecule has 1 fully saturated rings. The lowest BCUT2D eigenvalue weighted by molar-refractivity contribution is -0.140. The first kappa shape index (κ1) is 16.0. The van der Waals surface area contributed by atoms with Crippen molar-refractivity contribution in [2.24, 2.45) is 11.8 Å². The van der Waals surface area contributed by atoms with E-state index in [4.69, 9.17) is 4.74 Å². The number of para-hydroxylation sites is 1. The molecule has 3 aliphatic heterocycles. The third kappa shape index (κ3) is 2.86.